The third-order valence-electron chi connectivity index (χ3n) is 2.66. The molecule has 1 heterocycles. The number of imidazole rings is 1. The Morgan fingerprint density at radius 1 is 1.58 bits per heavy atom. The van der Waals surface area contributed by atoms with Crippen LogP contribution in [0, 0.1) is 11.3 Å². The minimum absolute atomic E-state index is 0.145. The summed E-state index contributed by atoms with van der Waals surface area (Å²) in [5, 5.41) is 10.3. The minimum Gasteiger partial charge on any atom is -0.383 e. The van der Waals surface area contributed by atoms with E-state index in [1.165, 1.54) is 11.8 Å². The lowest BCUT2D eigenvalue weighted by molar-refractivity contribution is 0.186. The van der Waals surface area contributed by atoms with Crippen molar-refractivity contribution in [2.75, 3.05) is 13.7 Å². The van der Waals surface area contributed by atoms with E-state index in [1.807, 2.05) is 25.1 Å². The molecule has 19 heavy (non-hydrogen) atoms. The zero-order valence-electron chi connectivity index (χ0n) is 10.8. The Morgan fingerprint density at radius 2 is 2.37 bits per heavy atom. The molecule has 0 saturated heterocycles. The summed E-state index contributed by atoms with van der Waals surface area (Å²) in [6, 6.07) is 7.83. The topological polar surface area (TPSA) is 50.8 Å². The summed E-state index contributed by atoms with van der Waals surface area (Å²) in [4.78, 5) is 4.55. The predicted octanol–water partition coefficient (Wildman–Crippen LogP) is 3.34. The molecule has 0 aliphatic carbocycles. The highest BCUT2D eigenvalue weighted by Gasteiger charge is 2.14. The van der Waals surface area contributed by atoms with E-state index in [0.717, 1.165) is 16.2 Å². The molecule has 0 bridgehead atoms. The van der Waals surface area contributed by atoms with Crippen LogP contribution in [0.3, 0.4) is 0 Å². The number of hydrogen-bond acceptors (Lipinski definition) is 4. The Kier molecular flexibility index (Phi) is 4.70. The first kappa shape index (κ1) is 14.2. The molecule has 4 nitrogen and oxygen atoms in total. The summed E-state index contributed by atoms with van der Waals surface area (Å²) in [5.41, 5.74) is 1.85. The Bertz CT molecular complexity index is 620. The van der Waals surface area contributed by atoms with Crippen LogP contribution in [0.5, 0.6) is 0 Å². The van der Waals surface area contributed by atoms with Gasteiger partial charge < -0.3 is 9.30 Å². The monoisotopic (exact) mass is 295 g/mol. The summed E-state index contributed by atoms with van der Waals surface area (Å²) >= 11 is 7.43. The second-order valence-corrected chi connectivity index (χ2v) is 5.81. The lowest BCUT2D eigenvalue weighted by atomic mass is 10.3. The van der Waals surface area contributed by atoms with Gasteiger partial charge >= 0.3 is 0 Å². The SMILES string of the molecule is COCCn1c(SC(C)C#N)nc2cc(Cl)ccc21. The third-order valence-corrected chi connectivity index (χ3v) is 3.87. The van der Waals surface area contributed by atoms with E-state index in [-0.39, 0.29) is 5.25 Å². The largest absolute Gasteiger partial charge is 0.383 e. The van der Waals surface area contributed by atoms with Gasteiger partial charge in [-0.1, -0.05) is 23.4 Å². The Morgan fingerprint density at radius 3 is 3.05 bits per heavy atom. The standard InChI is InChI=1S/C13H14ClN3OS/c1-9(8-15)19-13-16-11-7-10(14)3-4-12(11)17(13)5-6-18-2/h3-4,7,9H,5-6H2,1-2H3. The molecule has 2 rings (SSSR count). The number of nitrogens with zero attached hydrogens (tertiary/aromatic N) is 3. The van der Waals surface area contributed by atoms with Crippen molar-refractivity contribution in [1.82, 2.24) is 9.55 Å². The number of ether oxygens (including phenoxy) is 1. The molecule has 0 fully saturated rings. The zero-order chi connectivity index (χ0) is 13.8. The van der Waals surface area contributed by atoms with Gasteiger partial charge in [-0.15, -0.1) is 0 Å². The first-order valence-electron chi connectivity index (χ1n) is 5.86. The summed E-state index contributed by atoms with van der Waals surface area (Å²) in [6.07, 6.45) is 0. The summed E-state index contributed by atoms with van der Waals surface area (Å²) in [6.45, 7) is 3.16. The number of nitriles is 1. The number of methoxy groups -OCH3 is 1. The summed E-state index contributed by atoms with van der Waals surface area (Å²) in [5.74, 6) is 0. The van der Waals surface area contributed by atoms with Crippen molar-refractivity contribution in [1.29, 1.82) is 5.26 Å². The lowest BCUT2D eigenvalue weighted by Crippen LogP contribution is -2.06. The van der Waals surface area contributed by atoms with Crippen molar-refractivity contribution >= 4 is 34.4 Å². The van der Waals surface area contributed by atoms with Crippen LogP contribution >= 0.6 is 23.4 Å². The molecule has 1 aromatic carbocycles. The van der Waals surface area contributed by atoms with E-state index >= 15 is 0 Å². The van der Waals surface area contributed by atoms with Crippen LogP contribution in [-0.2, 0) is 11.3 Å². The second kappa shape index (κ2) is 6.29. The van der Waals surface area contributed by atoms with Gasteiger partial charge in [-0.05, 0) is 25.1 Å². The van der Waals surface area contributed by atoms with Crippen molar-refractivity contribution < 1.29 is 4.74 Å². The lowest BCUT2D eigenvalue weighted by Gasteiger charge is -2.08. The second-order valence-electron chi connectivity index (χ2n) is 4.06. The number of rotatable bonds is 5. The molecule has 1 aromatic heterocycles. The first-order chi connectivity index (χ1) is 9.15. The fourth-order valence-corrected chi connectivity index (χ4v) is 2.76. The fourth-order valence-electron chi connectivity index (χ4n) is 1.75. The van der Waals surface area contributed by atoms with Crippen LogP contribution in [0.2, 0.25) is 5.02 Å². The van der Waals surface area contributed by atoms with Crippen LogP contribution in [0.25, 0.3) is 11.0 Å². The maximum atomic E-state index is 8.93. The van der Waals surface area contributed by atoms with Gasteiger partial charge in [-0.25, -0.2) is 4.98 Å². The number of halogens is 1. The Labute approximate surface area is 121 Å². The van der Waals surface area contributed by atoms with Crippen LogP contribution in [0.15, 0.2) is 23.4 Å². The zero-order valence-corrected chi connectivity index (χ0v) is 12.3. The van der Waals surface area contributed by atoms with Gasteiger partial charge in [-0.2, -0.15) is 5.26 Å². The molecule has 1 atom stereocenters. The van der Waals surface area contributed by atoms with Crippen molar-refractivity contribution in [2.24, 2.45) is 0 Å². The molecule has 0 aliphatic rings. The smallest absolute Gasteiger partial charge is 0.170 e. The maximum absolute atomic E-state index is 8.93. The van der Waals surface area contributed by atoms with Crippen LogP contribution in [0.4, 0.5) is 0 Å². The number of hydrogen-bond donors (Lipinski definition) is 0. The van der Waals surface area contributed by atoms with E-state index in [1.54, 1.807) is 7.11 Å². The van der Waals surface area contributed by atoms with Gasteiger partial charge in [0.1, 0.15) is 0 Å². The van der Waals surface area contributed by atoms with Crippen LogP contribution in [0.1, 0.15) is 6.92 Å². The van der Waals surface area contributed by atoms with Gasteiger partial charge in [0.2, 0.25) is 0 Å². The molecular formula is C13H14ClN3OS. The van der Waals surface area contributed by atoms with Crippen LogP contribution < -0.4 is 0 Å². The highest BCUT2D eigenvalue weighted by atomic mass is 35.5. The Balaban J connectivity index is 2.45. The van der Waals surface area contributed by atoms with Crippen molar-refractivity contribution in [2.45, 2.75) is 23.9 Å². The van der Waals surface area contributed by atoms with E-state index < -0.39 is 0 Å². The molecule has 0 spiro atoms. The highest BCUT2D eigenvalue weighted by Crippen LogP contribution is 2.28. The molecule has 0 radical (unpaired) electrons. The molecule has 2 aromatic rings. The van der Waals surface area contributed by atoms with E-state index in [4.69, 9.17) is 21.6 Å². The van der Waals surface area contributed by atoms with Gasteiger partial charge in [0.25, 0.3) is 0 Å². The molecule has 0 N–H and O–H groups in total. The molecule has 6 heteroatoms. The van der Waals surface area contributed by atoms with Gasteiger partial charge in [0, 0.05) is 18.7 Å². The van der Waals surface area contributed by atoms with Gasteiger partial charge in [0.15, 0.2) is 5.16 Å². The molecule has 1 unspecified atom stereocenters. The van der Waals surface area contributed by atoms with Crippen LogP contribution in [-0.4, -0.2) is 28.5 Å². The van der Waals surface area contributed by atoms with E-state index in [2.05, 4.69) is 15.6 Å². The minimum atomic E-state index is -0.145. The molecule has 0 amide bonds. The highest BCUT2D eigenvalue weighted by molar-refractivity contribution is 8.00. The number of aromatic nitrogens is 2. The van der Waals surface area contributed by atoms with Crippen molar-refractivity contribution in [3.8, 4) is 6.07 Å². The van der Waals surface area contributed by atoms with Gasteiger partial charge in [-0.3, -0.25) is 0 Å². The van der Waals surface area contributed by atoms with Crippen molar-refractivity contribution in [3.05, 3.63) is 23.2 Å². The van der Waals surface area contributed by atoms with E-state index in [9.17, 15) is 0 Å². The first-order valence-corrected chi connectivity index (χ1v) is 7.12. The summed E-state index contributed by atoms with van der Waals surface area (Å²) < 4.78 is 7.19. The average Bonchev–Trinajstić information content (AvgIpc) is 2.72. The Hall–Kier alpha value is -1.22. The molecule has 0 aliphatic heterocycles. The summed E-state index contributed by atoms with van der Waals surface area (Å²) in [7, 11) is 1.67. The molecule has 0 saturated carbocycles. The fraction of sp³-hybridized carbons (Fsp3) is 0.385. The number of fused-ring (bicyclic) bond motifs is 1. The van der Waals surface area contributed by atoms with Crippen molar-refractivity contribution in [3.63, 3.8) is 0 Å². The third kappa shape index (κ3) is 3.21. The maximum Gasteiger partial charge on any atom is 0.170 e. The van der Waals surface area contributed by atoms with E-state index in [0.29, 0.717) is 18.2 Å². The van der Waals surface area contributed by atoms with Gasteiger partial charge in [0.05, 0.1) is 29.0 Å². The number of thioether (sulfide) groups is 1. The quantitative estimate of drug-likeness (QED) is 0.794. The normalized spacial score (nSPS) is 12.5. The average molecular weight is 296 g/mol. The molecular weight excluding hydrogens is 282 g/mol. The molecule has 100 valence electrons. The number of benzene rings is 1. The predicted molar refractivity (Wildman–Crippen MR) is 77.6 cm³/mol.